The zero-order valence-electron chi connectivity index (χ0n) is 12.2. The van der Waals surface area contributed by atoms with E-state index in [0.717, 1.165) is 25.2 Å². The van der Waals surface area contributed by atoms with Gasteiger partial charge in [-0.2, -0.15) is 0 Å². The minimum Gasteiger partial charge on any atom is -0.397 e. The number of hydrogen-bond acceptors (Lipinski definition) is 2. The normalized spacial score (nSPS) is 14.9. The third-order valence-corrected chi connectivity index (χ3v) is 3.64. The summed E-state index contributed by atoms with van der Waals surface area (Å²) in [6.45, 7) is 7.99. The fourth-order valence-electron chi connectivity index (χ4n) is 2.39. The number of hydrogen-bond donors (Lipinski definition) is 1. The van der Waals surface area contributed by atoms with E-state index in [0.29, 0.717) is 11.6 Å². The molecule has 0 aliphatic heterocycles. The highest BCUT2D eigenvalue weighted by molar-refractivity contribution is 5.94. The number of nitrogens with two attached hydrogens (primary N) is 1. The molecule has 1 heterocycles. The third-order valence-electron chi connectivity index (χ3n) is 3.64. The lowest BCUT2D eigenvalue weighted by atomic mass is 10.2. The van der Waals surface area contributed by atoms with Crippen molar-refractivity contribution >= 4 is 11.6 Å². The molecule has 0 atom stereocenters. The molecule has 2 rings (SSSR count). The zero-order valence-corrected chi connectivity index (χ0v) is 12.2. The zero-order chi connectivity index (χ0) is 14.0. The van der Waals surface area contributed by atoms with Crippen LogP contribution < -0.4 is 5.73 Å². The van der Waals surface area contributed by atoms with Gasteiger partial charge in [-0.1, -0.05) is 6.92 Å². The highest BCUT2D eigenvalue weighted by atomic mass is 16.2. The van der Waals surface area contributed by atoms with Gasteiger partial charge in [-0.25, -0.2) is 0 Å². The van der Waals surface area contributed by atoms with Gasteiger partial charge in [-0.15, -0.1) is 0 Å². The topological polar surface area (TPSA) is 51.3 Å². The lowest BCUT2D eigenvalue weighted by Crippen LogP contribution is -2.39. The van der Waals surface area contributed by atoms with E-state index in [2.05, 4.69) is 20.8 Å². The van der Waals surface area contributed by atoms with Crippen molar-refractivity contribution in [1.29, 1.82) is 0 Å². The van der Waals surface area contributed by atoms with Crippen LogP contribution in [-0.4, -0.2) is 28.0 Å². The van der Waals surface area contributed by atoms with Crippen molar-refractivity contribution in [3.05, 3.63) is 18.0 Å². The Morgan fingerprint density at radius 2 is 2.21 bits per heavy atom. The monoisotopic (exact) mass is 263 g/mol. The summed E-state index contributed by atoms with van der Waals surface area (Å²) in [7, 11) is 0. The second-order valence-electron chi connectivity index (χ2n) is 5.85. The van der Waals surface area contributed by atoms with Gasteiger partial charge in [0.05, 0.1) is 5.69 Å². The molecule has 1 saturated carbocycles. The summed E-state index contributed by atoms with van der Waals surface area (Å²) >= 11 is 0. The molecule has 1 aliphatic carbocycles. The molecule has 4 heteroatoms. The SMILES string of the molecule is CCCn1cc(N)cc1C(=O)N(CC1CC1)C(C)C. The highest BCUT2D eigenvalue weighted by Gasteiger charge is 2.29. The Morgan fingerprint density at radius 3 is 2.74 bits per heavy atom. The molecule has 1 aromatic rings. The molecule has 0 saturated heterocycles. The maximum atomic E-state index is 12.7. The Hall–Kier alpha value is -1.45. The lowest BCUT2D eigenvalue weighted by Gasteiger charge is -2.27. The van der Waals surface area contributed by atoms with Crippen LogP contribution in [0.2, 0.25) is 0 Å². The van der Waals surface area contributed by atoms with E-state index in [-0.39, 0.29) is 11.9 Å². The van der Waals surface area contributed by atoms with E-state index in [9.17, 15) is 4.79 Å². The highest BCUT2D eigenvalue weighted by Crippen LogP contribution is 2.31. The summed E-state index contributed by atoms with van der Waals surface area (Å²) in [5.74, 6) is 0.824. The summed E-state index contributed by atoms with van der Waals surface area (Å²) < 4.78 is 1.99. The first-order valence-electron chi connectivity index (χ1n) is 7.29. The number of carbonyl (C=O) groups excluding carboxylic acids is 1. The van der Waals surface area contributed by atoms with Crippen molar-refractivity contribution in [2.45, 2.75) is 52.6 Å². The molecular weight excluding hydrogens is 238 g/mol. The first kappa shape index (κ1) is 14.0. The van der Waals surface area contributed by atoms with Gasteiger partial charge in [-0.3, -0.25) is 4.79 Å². The molecule has 106 valence electrons. The standard InChI is InChI=1S/C15H25N3O/c1-4-7-17-10-13(16)8-14(17)15(19)18(11(2)3)9-12-5-6-12/h8,10-12H,4-7,9,16H2,1-3H3. The summed E-state index contributed by atoms with van der Waals surface area (Å²) in [6.07, 6.45) is 5.38. The molecule has 0 radical (unpaired) electrons. The number of rotatable bonds is 6. The number of anilines is 1. The van der Waals surface area contributed by atoms with E-state index < -0.39 is 0 Å². The summed E-state index contributed by atoms with van der Waals surface area (Å²) in [4.78, 5) is 14.7. The second-order valence-corrected chi connectivity index (χ2v) is 5.85. The molecule has 0 bridgehead atoms. The van der Waals surface area contributed by atoms with Crippen molar-refractivity contribution < 1.29 is 4.79 Å². The molecule has 0 spiro atoms. The Labute approximate surface area is 115 Å². The average molecular weight is 263 g/mol. The number of aryl methyl sites for hydroxylation is 1. The van der Waals surface area contributed by atoms with Crippen LogP contribution in [0.1, 0.15) is 50.5 Å². The predicted octanol–water partition coefficient (Wildman–Crippen LogP) is 2.74. The first-order chi connectivity index (χ1) is 9.02. The Kier molecular flexibility index (Phi) is 4.17. The maximum absolute atomic E-state index is 12.7. The summed E-state index contributed by atoms with van der Waals surface area (Å²) in [6, 6.07) is 2.04. The van der Waals surface area contributed by atoms with Crippen molar-refractivity contribution in [3.8, 4) is 0 Å². The molecule has 0 aromatic carbocycles. The van der Waals surface area contributed by atoms with Crippen molar-refractivity contribution in [3.63, 3.8) is 0 Å². The van der Waals surface area contributed by atoms with Crippen LogP contribution in [0.15, 0.2) is 12.3 Å². The molecule has 2 N–H and O–H groups in total. The summed E-state index contributed by atoms with van der Waals surface area (Å²) in [5, 5.41) is 0. The van der Waals surface area contributed by atoms with Gasteiger partial charge >= 0.3 is 0 Å². The van der Waals surface area contributed by atoms with Gasteiger partial charge in [0, 0.05) is 25.3 Å². The van der Waals surface area contributed by atoms with Gasteiger partial charge in [0.1, 0.15) is 5.69 Å². The molecule has 1 amide bonds. The van der Waals surface area contributed by atoms with Crippen LogP contribution in [0.3, 0.4) is 0 Å². The molecule has 19 heavy (non-hydrogen) atoms. The Bertz CT molecular complexity index is 446. The quantitative estimate of drug-likeness (QED) is 0.858. The van der Waals surface area contributed by atoms with Crippen LogP contribution in [0.4, 0.5) is 5.69 Å². The van der Waals surface area contributed by atoms with E-state index in [1.165, 1.54) is 12.8 Å². The van der Waals surface area contributed by atoms with Crippen LogP contribution in [-0.2, 0) is 6.54 Å². The van der Waals surface area contributed by atoms with E-state index >= 15 is 0 Å². The smallest absolute Gasteiger partial charge is 0.270 e. The fraction of sp³-hybridized carbons (Fsp3) is 0.667. The largest absolute Gasteiger partial charge is 0.397 e. The Morgan fingerprint density at radius 1 is 1.53 bits per heavy atom. The molecular formula is C15H25N3O. The van der Waals surface area contributed by atoms with Gasteiger partial charge in [0.15, 0.2) is 0 Å². The van der Waals surface area contributed by atoms with Gasteiger partial charge in [0.25, 0.3) is 5.91 Å². The summed E-state index contributed by atoms with van der Waals surface area (Å²) in [5.41, 5.74) is 7.25. The molecule has 0 unspecified atom stereocenters. The van der Waals surface area contributed by atoms with Crippen LogP contribution in [0, 0.1) is 5.92 Å². The second kappa shape index (κ2) is 5.68. The minimum atomic E-state index is 0.118. The van der Waals surface area contributed by atoms with Crippen molar-refractivity contribution in [2.75, 3.05) is 12.3 Å². The van der Waals surface area contributed by atoms with Crippen LogP contribution in [0.5, 0.6) is 0 Å². The number of nitrogen functional groups attached to an aromatic ring is 1. The molecule has 1 aliphatic rings. The fourth-order valence-corrected chi connectivity index (χ4v) is 2.39. The van der Waals surface area contributed by atoms with E-state index in [1.54, 1.807) is 6.07 Å². The lowest BCUT2D eigenvalue weighted by molar-refractivity contribution is 0.0685. The number of aromatic nitrogens is 1. The maximum Gasteiger partial charge on any atom is 0.270 e. The number of carbonyl (C=O) groups is 1. The van der Waals surface area contributed by atoms with Gasteiger partial charge < -0.3 is 15.2 Å². The minimum absolute atomic E-state index is 0.118. The van der Waals surface area contributed by atoms with Crippen molar-refractivity contribution in [1.82, 2.24) is 9.47 Å². The van der Waals surface area contributed by atoms with E-state index in [1.807, 2.05) is 15.7 Å². The molecule has 1 fully saturated rings. The third kappa shape index (κ3) is 3.31. The molecule has 1 aromatic heterocycles. The van der Waals surface area contributed by atoms with Crippen LogP contribution >= 0.6 is 0 Å². The van der Waals surface area contributed by atoms with E-state index in [4.69, 9.17) is 5.73 Å². The van der Waals surface area contributed by atoms with Crippen LogP contribution in [0.25, 0.3) is 0 Å². The first-order valence-corrected chi connectivity index (χ1v) is 7.29. The predicted molar refractivity (Wildman–Crippen MR) is 78.0 cm³/mol. The van der Waals surface area contributed by atoms with Gasteiger partial charge in [-0.05, 0) is 45.1 Å². The van der Waals surface area contributed by atoms with Crippen molar-refractivity contribution in [2.24, 2.45) is 5.92 Å². The molecule has 4 nitrogen and oxygen atoms in total. The number of amides is 1. The average Bonchev–Trinajstić information content (AvgIpc) is 3.09. The number of nitrogens with zero attached hydrogens (tertiary/aromatic N) is 2. The Balaban J connectivity index is 2.19. The van der Waals surface area contributed by atoms with Gasteiger partial charge in [0.2, 0.25) is 0 Å².